The number of carbonyl (C=O) groups is 2. The maximum Gasteiger partial charge on any atom is 0.312 e. The minimum absolute atomic E-state index is 0.115. The molecule has 0 fully saturated rings. The number of amides is 3. The van der Waals surface area contributed by atoms with Gasteiger partial charge in [0.25, 0.3) is 0 Å². The molecule has 0 bridgehead atoms. The van der Waals surface area contributed by atoms with Gasteiger partial charge in [-0.15, -0.1) is 0 Å². The van der Waals surface area contributed by atoms with E-state index in [1.165, 1.54) is 11.1 Å². The van der Waals surface area contributed by atoms with Gasteiger partial charge in [-0.25, -0.2) is 4.79 Å². The lowest BCUT2D eigenvalue weighted by Gasteiger charge is -2.26. The van der Waals surface area contributed by atoms with Crippen LogP contribution in [0.1, 0.15) is 55.7 Å². The number of aryl methyl sites for hydroxylation is 1. The summed E-state index contributed by atoms with van der Waals surface area (Å²) >= 11 is 0. The number of unbranched alkanes of at least 4 members (excludes halogenated alkanes) is 2. The van der Waals surface area contributed by atoms with Crippen molar-refractivity contribution < 1.29 is 9.59 Å². The fraction of sp³-hybridized carbons (Fsp3) is 0.529. The SMILES string of the molecule is NC(=O)NCCCCCC(=O)N[C@H]1CCCc2ccccc21. The first-order chi connectivity index (χ1) is 10.7. The van der Waals surface area contributed by atoms with Crippen LogP contribution in [-0.4, -0.2) is 18.5 Å². The van der Waals surface area contributed by atoms with E-state index in [0.717, 1.165) is 38.5 Å². The molecule has 4 N–H and O–H groups in total. The van der Waals surface area contributed by atoms with Gasteiger partial charge in [0.05, 0.1) is 6.04 Å². The normalized spacial score (nSPS) is 16.6. The smallest absolute Gasteiger partial charge is 0.312 e. The fourth-order valence-corrected chi connectivity index (χ4v) is 2.97. The molecule has 5 heteroatoms. The molecule has 1 aromatic carbocycles. The van der Waals surface area contributed by atoms with Crippen LogP contribution in [0.5, 0.6) is 0 Å². The van der Waals surface area contributed by atoms with Crippen molar-refractivity contribution in [3.8, 4) is 0 Å². The summed E-state index contributed by atoms with van der Waals surface area (Å²) in [6.07, 6.45) is 6.38. The fourth-order valence-electron chi connectivity index (χ4n) is 2.97. The van der Waals surface area contributed by atoms with Crippen LogP contribution >= 0.6 is 0 Å². The standard InChI is InChI=1S/C17H25N3O2/c18-17(22)19-12-5-1-2-11-16(21)20-15-10-6-8-13-7-3-4-9-14(13)15/h3-4,7,9,15H,1-2,5-6,8,10-12H2,(H,20,21)(H3,18,19,22)/t15-/m0/s1. The van der Waals surface area contributed by atoms with Crippen molar-refractivity contribution in [1.82, 2.24) is 10.6 Å². The second-order valence-electron chi connectivity index (χ2n) is 5.81. The van der Waals surface area contributed by atoms with Gasteiger partial charge in [0.1, 0.15) is 0 Å². The lowest BCUT2D eigenvalue weighted by molar-refractivity contribution is -0.122. The summed E-state index contributed by atoms with van der Waals surface area (Å²) in [5.74, 6) is 0.115. The average Bonchev–Trinajstić information content (AvgIpc) is 2.51. The largest absolute Gasteiger partial charge is 0.352 e. The number of urea groups is 1. The molecule has 5 nitrogen and oxygen atoms in total. The minimum atomic E-state index is -0.492. The van der Waals surface area contributed by atoms with E-state index in [9.17, 15) is 9.59 Å². The summed E-state index contributed by atoms with van der Waals surface area (Å²) in [7, 11) is 0. The van der Waals surface area contributed by atoms with E-state index in [2.05, 4.69) is 28.8 Å². The Morgan fingerprint density at radius 2 is 2.00 bits per heavy atom. The Morgan fingerprint density at radius 3 is 2.82 bits per heavy atom. The van der Waals surface area contributed by atoms with Crippen molar-refractivity contribution in [2.24, 2.45) is 5.73 Å². The molecule has 2 rings (SSSR count). The highest BCUT2D eigenvalue weighted by atomic mass is 16.2. The van der Waals surface area contributed by atoms with Crippen LogP contribution in [0.15, 0.2) is 24.3 Å². The number of nitrogens with two attached hydrogens (primary N) is 1. The van der Waals surface area contributed by atoms with Crippen LogP contribution in [0.3, 0.4) is 0 Å². The predicted molar refractivity (Wildman–Crippen MR) is 86.3 cm³/mol. The zero-order valence-electron chi connectivity index (χ0n) is 12.9. The summed E-state index contributed by atoms with van der Waals surface area (Å²) in [6, 6.07) is 8.04. The number of fused-ring (bicyclic) bond motifs is 1. The van der Waals surface area contributed by atoms with Crippen molar-refractivity contribution in [3.05, 3.63) is 35.4 Å². The van der Waals surface area contributed by atoms with E-state index < -0.39 is 6.03 Å². The number of nitrogens with one attached hydrogen (secondary N) is 2. The molecule has 0 saturated carbocycles. The maximum absolute atomic E-state index is 12.1. The first-order valence-electron chi connectivity index (χ1n) is 8.07. The first kappa shape index (κ1) is 16.3. The Kier molecular flexibility index (Phi) is 6.25. The van der Waals surface area contributed by atoms with Gasteiger partial charge >= 0.3 is 6.03 Å². The van der Waals surface area contributed by atoms with Gasteiger partial charge in [0.15, 0.2) is 0 Å². The zero-order chi connectivity index (χ0) is 15.8. The summed E-state index contributed by atoms with van der Waals surface area (Å²) in [5, 5.41) is 5.70. The van der Waals surface area contributed by atoms with Gasteiger partial charge in [-0.3, -0.25) is 4.79 Å². The predicted octanol–water partition coefficient (Wildman–Crippen LogP) is 2.41. The number of hydrogen-bond acceptors (Lipinski definition) is 2. The summed E-state index contributed by atoms with van der Waals surface area (Å²) in [6.45, 7) is 0.576. The van der Waals surface area contributed by atoms with Crippen LogP contribution in [0.2, 0.25) is 0 Å². The molecule has 0 radical (unpaired) electrons. The van der Waals surface area contributed by atoms with Crippen molar-refractivity contribution in [2.45, 2.75) is 51.0 Å². The van der Waals surface area contributed by atoms with Gasteiger partial charge in [-0.05, 0) is 43.2 Å². The second-order valence-corrected chi connectivity index (χ2v) is 5.81. The van der Waals surface area contributed by atoms with Crippen molar-refractivity contribution in [1.29, 1.82) is 0 Å². The third kappa shape index (κ3) is 5.06. The molecular formula is C17H25N3O2. The molecule has 1 atom stereocenters. The zero-order valence-corrected chi connectivity index (χ0v) is 12.9. The minimum Gasteiger partial charge on any atom is -0.352 e. The Bertz CT molecular complexity index is 516. The lowest BCUT2D eigenvalue weighted by Crippen LogP contribution is -2.31. The van der Waals surface area contributed by atoms with Crippen LogP contribution in [-0.2, 0) is 11.2 Å². The summed E-state index contributed by atoms with van der Waals surface area (Å²) in [4.78, 5) is 22.6. The lowest BCUT2D eigenvalue weighted by atomic mass is 9.87. The number of benzene rings is 1. The van der Waals surface area contributed by atoms with Gasteiger partial charge < -0.3 is 16.4 Å². The molecule has 1 aliphatic carbocycles. The topological polar surface area (TPSA) is 84.2 Å². The summed E-state index contributed by atoms with van der Waals surface area (Å²) < 4.78 is 0. The van der Waals surface area contributed by atoms with E-state index in [1.807, 2.05) is 6.07 Å². The molecule has 1 aliphatic rings. The van der Waals surface area contributed by atoms with Crippen LogP contribution in [0.4, 0.5) is 4.79 Å². The van der Waals surface area contributed by atoms with E-state index >= 15 is 0 Å². The third-order valence-corrected chi connectivity index (χ3v) is 4.08. The Hall–Kier alpha value is -2.04. The first-order valence-corrected chi connectivity index (χ1v) is 8.07. The van der Waals surface area contributed by atoms with Gasteiger partial charge in [0.2, 0.25) is 5.91 Å². The molecule has 22 heavy (non-hydrogen) atoms. The van der Waals surface area contributed by atoms with E-state index in [0.29, 0.717) is 13.0 Å². The molecule has 1 aromatic rings. The number of primary amides is 1. The molecule has 0 saturated heterocycles. The maximum atomic E-state index is 12.1. The number of hydrogen-bond donors (Lipinski definition) is 3. The van der Waals surface area contributed by atoms with Gasteiger partial charge in [-0.1, -0.05) is 30.7 Å². The van der Waals surface area contributed by atoms with Crippen molar-refractivity contribution >= 4 is 11.9 Å². The Labute approximate surface area is 131 Å². The highest BCUT2D eigenvalue weighted by molar-refractivity contribution is 5.76. The van der Waals surface area contributed by atoms with E-state index in [4.69, 9.17) is 5.73 Å². The third-order valence-electron chi connectivity index (χ3n) is 4.08. The molecule has 0 spiro atoms. The molecule has 0 unspecified atom stereocenters. The average molecular weight is 303 g/mol. The van der Waals surface area contributed by atoms with Crippen molar-refractivity contribution in [2.75, 3.05) is 6.54 Å². The second kappa shape index (κ2) is 8.41. The van der Waals surface area contributed by atoms with Crippen molar-refractivity contribution in [3.63, 3.8) is 0 Å². The molecule has 0 aromatic heterocycles. The summed E-state index contributed by atoms with van der Waals surface area (Å²) in [5.41, 5.74) is 7.61. The molecule has 3 amide bonds. The van der Waals surface area contributed by atoms with Crippen LogP contribution in [0.25, 0.3) is 0 Å². The highest BCUT2D eigenvalue weighted by Crippen LogP contribution is 2.29. The molecule has 120 valence electrons. The van der Waals surface area contributed by atoms with E-state index in [-0.39, 0.29) is 11.9 Å². The van der Waals surface area contributed by atoms with Crippen LogP contribution < -0.4 is 16.4 Å². The molecule has 0 heterocycles. The van der Waals surface area contributed by atoms with Gasteiger partial charge in [-0.2, -0.15) is 0 Å². The quantitative estimate of drug-likeness (QED) is 0.676. The van der Waals surface area contributed by atoms with Crippen LogP contribution in [0, 0.1) is 0 Å². The Balaban J connectivity index is 1.69. The number of rotatable bonds is 7. The molecule has 0 aliphatic heterocycles. The highest BCUT2D eigenvalue weighted by Gasteiger charge is 2.20. The van der Waals surface area contributed by atoms with Gasteiger partial charge in [0, 0.05) is 13.0 Å². The van der Waals surface area contributed by atoms with E-state index in [1.54, 1.807) is 0 Å². The number of carbonyl (C=O) groups excluding carboxylic acids is 2. The monoisotopic (exact) mass is 303 g/mol. The Morgan fingerprint density at radius 1 is 1.18 bits per heavy atom. The molecular weight excluding hydrogens is 278 g/mol.